The van der Waals surface area contributed by atoms with E-state index in [1.807, 2.05) is 29.1 Å². The molecular weight excluding hydrogens is 312 g/mol. The predicted molar refractivity (Wildman–Crippen MR) is 97.6 cm³/mol. The first-order chi connectivity index (χ1) is 12.3. The van der Waals surface area contributed by atoms with Gasteiger partial charge < -0.3 is 10.4 Å². The fourth-order valence-corrected chi connectivity index (χ4v) is 3.57. The van der Waals surface area contributed by atoms with Crippen LogP contribution in [-0.2, 0) is 13.1 Å². The number of nitriles is 1. The third-order valence-corrected chi connectivity index (χ3v) is 4.84. The van der Waals surface area contributed by atoms with Crippen LogP contribution >= 0.6 is 0 Å². The highest BCUT2D eigenvalue weighted by Gasteiger charge is 2.20. The van der Waals surface area contributed by atoms with Crippen molar-refractivity contribution in [1.82, 2.24) is 15.1 Å². The van der Waals surface area contributed by atoms with E-state index in [-0.39, 0.29) is 6.10 Å². The molecule has 0 radical (unpaired) electrons. The van der Waals surface area contributed by atoms with Gasteiger partial charge >= 0.3 is 0 Å². The Morgan fingerprint density at radius 3 is 2.88 bits per heavy atom. The molecule has 2 unspecified atom stereocenters. The molecule has 1 fully saturated rings. The first-order valence-electron chi connectivity index (χ1n) is 9.13. The van der Waals surface area contributed by atoms with Gasteiger partial charge in [-0.3, -0.25) is 4.68 Å². The number of aryl methyl sites for hydroxylation is 1. The Kier molecular flexibility index (Phi) is 6.21. The van der Waals surface area contributed by atoms with Crippen molar-refractivity contribution in [3.8, 4) is 17.3 Å². The minimum absolute atomic E-state index is 0.130. The molecule has 1 aliphatic carbocycles. The summed E-state index contributed by atoms with van der Waals surface area (Å²) < 4.78 is 1.87. The predicted octanol–water partition coefficient (Wildman–Crippen LogP) is 3.10. The smallest absolute Gasteiger partial charge is 0.0968 e. The van der Waals surface area contributed by atoms with E-state index in [0.717, 1.165) is 49.2 Å². The third kappa shape index (κ3) is 4.91. The minimum Gasteiger partial charge on any atom is -0.393 e. The Labute approximate surface area is 149 Å². The van der Waals surface area contributed by atoms with Gasteiger partial charge in [-0.15, -0.1) is 0 Å². The fourth-order valence-electron chi connectivity index (χ4n) is 3.57. The minimum atomic E-state index is -0.130. The number of hydrogen-bond acceptors (Lipinski definition) is 4. The zero-order chi connectivity index (χ0) is 17.5. The highest BCUT2D eigenvalue weighted by molar-refractivity contribution is 5.62. The number of aliphatic hydroxyl groups is 1. The number of aromatic nitrogens is 2. The first kappa shape index (κ1) is 17.7. The Morgan fingerprint density at radius 2 is 2.12 bits per heavy atom. The van der Waals surface area contributed by atoms with Gasteiger partial charge in [0.2, 0.25) is 0 Å². The lowest BCUT2D eigenvalue weighted by Crippen LogP contribution is -2.28. The summed E-state index contributed by atoms with van der Waals surface area (Å²) in [5.41, 5.74) is 3.23. The molecule has 2 N–H and O–H groups in total. The molecule has 1 aromatic carbocycles. The number of aliphatic hydroxyl groups excluding tert-OH is 1. The van der Waals surface area contributed by atoms with Gasteiger partial charge in [-0.1, -0.05) is 36.8 Å². The molecular formula is C20H26N4O. The molecule has 0 bridgehead atoms. The van der Waals surface area contributed by atoms with E-state index in [1.54, 1.807) is 0 Å². The van der Waals surface area contributed by atoms with E-state index in [0.29, 0.717) is 18.9 Å². The van der Waals surface area contributed by atoms with Crippen LogP contribution < -0.4 is 5.32 Å². The Balaban J connectivity index is 1.66. The van der Waals surface area contributed by atoms with Crippen molar-refractivity contribution in [3.63, 3.8) is 0 Å². The van der Waals surface area contributed by atoms with Gasteiger partial charge in [0.25, 0.3) is 0 Å². The molecule has 1 aliphatic rings. The maximum Gasteiger partial charge on any atom is 0.0968 e. The second kappa shape index (κ2) is 8.80. The summed E-state index contributed by atoms with van der Waals surface area (Å²) in [6, 6.07) is 12.3. The third-order valence-electron chi connectivity index (χ3n) is 4.84. The number of hydrogen-bond donors (Lipinski definition) is 2. The SMILES string of the molecule is N#CCCn1cc(CNCC2CCCC(O)C2)c(-c2ccccc2)n1. The summed E-state index contributed by atoms with van der Waals surface area (Å²) in [5.74, 6) is 0.553. The Bertz CT molecular complexity index is 704. The molecule has 1 heterocycles. The maximum absolute atomic E-state index is 9.81. The highest BCUT2D eigenvalue weighted by Crippen LogP contribution is 2.25. The molecule has 5 nitrogen and oxygen atoms in total. The van der Waals surface area contributed by atoms with Crippen molar-refractivity contribution in [3.05, 3.63) is 42.1 Å². The van der Waals surface area contributed by atoms with E-state index in [1.165, 1.54) is 6.42 Å². The van der Waals surface area contributed by atoms with Crippen LogP contribution in [0.2, 0.25) is 0 Å². The van der Waals surface area contributed by atoms with Crippen molar-refractivity contribution in [2.75, 3.05) is 6.54 Å². The second-order valence-corrected chi connectivity index (χ2v) is 6.86. The average molecular weight is 338 g/mol. The first-order valence-corrected chi connectivity index (χ1v) is 9.13. The molecule has 0 saturated heterocycles. The summed E-state index contributed by atoms with van der Waals surface area (Å²) in [7, 11) is 0. The van der Waals surface area contributed by atoms with Crippen LogP contribution in [0.4, 0.5) is 0 Å². The number of benzene rings is 1. The molecule has 0 spiro atoms. The van der Waals surface area contributed by atoms with Gasteiger partial charge in [0, 0.05) is 23.9 Å². The molecule has 1 saturated carbocycles. The van der Waals surface area contributed by atoms with E-state index >= 15 is 0 Å². The van der Waals surface area contributed by atoms with Crippen molar-refractivity contribution < 1.29 is 5.11 Å². The van der Waals surface area contributed by atoms with Crippen LogP contribution in [-0.4, -0.2) is 27.5 Å². The second-order valence-electron chi connectivity index (χ2n) is 6.86. The fraction of sp³-hybridized carbons (Fsp3) is 0.500. The van der Waals surface area contributed by atoms with Crippen molar-refractivity contribution >= 4 is 0 Å². The van der Waals surface area contributed by atoms with Gasteiger partial charge in [-0.25, -0.2) is 0 Å². The van der Waals surface area contributed by atoms with Crippen LogP contribution in [0.3, 0.4) is 0 Å². The lowest BCUT2D eigenvalue weighted by atomic mass is 9.87. The van der Waals surface area contributed by atoms with Crippen molar-refractivity contribution in [2.24, 2.45) is 5.92 Å². The van der Waals surface area contributed by atoms with Crippen LogP contribution in [0.1, 0.15) is 37.7 Å². The summed E-state index contributed by atoms with van der Waals surface area (Å²) >= 11 is 0. The molecule has 1 aromatic heterocycles. The highest BCUT2D eigenvalue weighted by atomic mass is 16.3. The van der Waals surface area contributed by atoms with Gasteiger partial charge in [-0.2, -0.15) is 10.4 Å². The summed E-state index contributed by atoms with van der Waals surface area (Å²) in [6.45, 7) is 2.29. The standard InChI is InChI=1S/C20H26N4O/c21-10-5-11-24-15-18(20(23-24)17-7-2-1-3-8-17)14-22-13-16-6-4-9-19(25)12-16/h1-3,7-8,15-16,19,22,25H,4-6,9,11-14H2. The summed E-state index contributed by atoms with van der Waals surface area (Å²) in [6.07, 6.45) is 6.53. The van der Waals surface area contributed by atoms with Gasteiger partial charge in [0.05, 0.1) is 30.8 Å². The summed E-state index contributed by atoms with van der Waals surface area (Å²) in [5, 5.41) is 26.8. The maximum atomic E-state index is 9.81. The van der Waals surface area contributed by atoms with Gasteiger partial charge in [0.1, 0.15) is 0 Å². The quantitative estimate of drug-likeness (QED) is 0.813. The van der Waals surface area contributed by atoms with E-state index in [2.05, 4.69) is 28.6 Å². The zero-order valence-corrected chi connectivity index (χ0v) is 14.6. The number of nitrogens with one attached hydrogen (secondary N) is 1. The molecule has 0 aliphatic heterocycles. The van der Waals surface area contributed by atoms with Crippen LogP contribution in [0.25, 0.3) is 11.3 Å². The van der Waals surface area contributed by atoms with E-state index < -0.39 is 0 Å². The lowest BCUT2D eigenvalue weighted by molar-refractivity contribution is 0.101. The molecule has 0 amide bonds. The topological polar surface area (TPSA) is 73.9 Å². The molecule has 3 rings (SSSR count). The number of nitrogens with zero attached hydrogens (tertiary/aromatic N) is 3. The molecule has 5 heteroatoms. The Morgan fingerprint density at radius 1 is 1.28 bits per heavy atom. The lowest BCUT2D eigenvalue weighted by Gasteiger charge is -2.25. The normalized spacial score (nSPS) is 20.3. The molecule has 25 heavy (non-hydrogen) atoms. The molecule has 2 atom stereocenters. The van der Waals surface area contributed by atoms with Crippen molar-refractivity contribution in [1.29, 1.82) is 5.26 Å². The zero-order valence-electron chi connectivity index (χ0n) is 14.6. The van der Waals surface area contributed by atoms with Gasteiger partial charge in [0.15, 0.2) is 0 Å². The number of rotatable bonds is 7. The van der Waals surface area contributed by atoms with E-state index in [4.69, 9.17) is 5.26 Å². The molecule has 132 valence electrons. The average Bonchev–Trinajstić information content (AvgIpc) is 3.04. The molecule has 2 aromatic rings. The Hall–Kier alpha value is -2.16. The summed E-state index contributed by atoms with van der Waals surface area (Å²) in [4.78, 5) is 0. The van der Waals surface area contributed by atoms with Crippen LogP contribution in [0.15, 0.2) is 36.5 Å². The van der Waals surface area contributed by atoms with Crippen LogP contribution in [0, 0.1) is 17.2 Å². The monoisotopic (exact) mass is 338 g/mol. The van der Waals surface area contributed by atoms with Gasteiger partial charge in [-0.05, 0) is 31.7 Å². The van der Waals surface area contributed by atoms with Crippen LogP contribution in [0.5, 0.6) is 0 Å². The van der Waals surface area contributed by atoms with E-state index in [9.17, 15) is 5.11 Å². The largest absolute Gasteiger partial charge is 0.393 e. The van der Waals surface area contributed by atoms with Crippen molar-refractivity contribution in [2.45, 2.75) is 51.3 Å².